The minimum atomic E-state index is -0.811. The van der Waals surface area contributed by atoms with Crippen molar-refractivity contribution >= 4 is 27.8 Å². The Morgan fingerprint density at radius 1 is 1.47 bits per heavy atom. The van der Waals surface area contributed by atoms with Gasteiger partial charge in [-0.3, -0.25) is 9.59 Å². The van der Waals surface area contributed by atoms with Crippen LogP contribution >= 0.6 is 15.9 Å². The third-order valence-corrected chi connectivity index (χ3v) is 4.47. The molecule has 0 saturated carbocycles. The standard InChI is InChI=1S/C14H16BrNO3/c1-9-10(3-2-4-12(9)15)7-13(17)16-6-5-11(8-16)14(18)19/h2-4,11H,5-8H2,1H3,(H,18,19). The van der Waals surface area contributed by atoms with Gasteiger partial charge in [0.05, 0.1) is 12.3 Å². The fourth-order valence-electron chi connectivity index (χ4n) is 2.31. The number of carboxylic acids is 1. The van der Waals surface area contributed by atoms with Crippen LogP contribution in [0.5, 0.6) is 0 Å². The van der Waals surface area contributed by atoms with Crippen LogP contribution in [0.25, 0.3) is 0 Å². The van der Waals surface area contributed by atoms with E-state index in [-0.39, 0.29) is 5.91 Å². The molecule has 1 unspecified atom stereocenters. The summed E-state index contributed by atoms with van der Waals surface area (Å²) < 4.78 is 0.989. The molecule has 1 atom stereocenters. The lowest BCUT2D eigenvalue weighted by molar-refractivity contribution is -0.141. The number of hydrogen-bond acceptors (Lipinski definition) is 2. The molecule has 0 bridgehead atoms. The first kappa shape index (κ1) is 14.1. The number of likely N-dealkylation sites (tertiary alicyclic amines) is 1. The van der Waals surface area contributed by atoms with Gasteiger partial charge < -0.3 is 10.0 Å². The molecule has 0 radical (unpaired) electrons. The van der Waals surface area contributed by atoms with E-state index in [2.05, 4.69) is 15.9 Å². The Labute approximate surface area is 120 Å². The van der Waals surface area contributed by atoms with Crippen molar-refractivity contribution in [3.05, 3.63) is 33.8 Å². The lowest BCUT2D eigenvalue weighted by Crippen LogP contribution is -2.31. The van der Waals surface area contributed by atoms with Gasteiger partial charge in [0.15, 0.2) is 0 Å². The molecule has 1 aromatic carbocycles. The first-order valence-corrected chi connectivity index (χ1v) is 7.03. The average molecular weight is 326 g/mol. The topological polar surface area (TPSA) is 57.6 Å². The van der Waals surface area contributed by atoms with Crippen LogP contribution in [0.15, 0.2) is 22.7 Å². The van der Waals surface area contributed by atoms with Gasteiger partial charge in [0.2, 0.25) is 5.91 Å². The smallest absolute Gasteiger partial charge is 0.308 e. The van der Waals surface area contributed by atoms with Crippen molar-refractivity contribution in [2.45, 2.75) is 19.8 Å². The molecular weight excluding hydrogens is 310 g/mol. The molecule has 102 valence electrons. The van der Waals surface area contributed by atoms with Gasteiger partial charge in [-0.05, 0) is 30.5 Å². The van der Waals surface area contributed by atoms with Crippen molar-refractivity contribution in [2.75, 3.05) is 13.1 Å². The number of amides is 1. The van der Waals surface area contributed by atoms with Crippen LogP contribution in [-0.4, -0.2) is 35.0 Å². The highest BCUT2D eigenvalue weighted by Gasteiger charge is 2.30. The third kappa shape index (κ3) is 3.15. The van der Waals surface area contributed by atoms with Gasteiger partial charge in [-0.1, -0.05) is 28.1 Å². The van der Waals surface area contributed by atoms with Crippen molar-refractivity contribution < 1.29 is 14.7 Å². The molecule has 1 aromatic rings. The molecular formula is C14H16BrNO3. The molecule has 1 heterocycles. The molecule has 1 N–H and O–H groups in total. The van der Waals surface area contributed by atoms with E-state index in [1.54, 1.807) is 4.90 Å². The van der Waals surface area contributed by atoms with Crippen molar-refractivity contribution in [3.8, 4) is 0 Å². The van der Waals surface area contributed by atoms with Crippen LogP contribution in [0.4, 0.5) is 0 Å². The molecule has 0 aliphatic carbocycles. The number of halogens is 1. The monoisotopic (exact) mass is 325 g/mol. The number of carboxylic acid groups (broad SMARTS) is 1. The third-order valence-electron chi connectivity index (χ3n) is 3.61. The quantitative estimate of drug-likeness (QED) is 0.927. The van der Waals surface area contributed by atoms with E-state index >= 15 is 0 Å². The number of carbonyl (C=O) groups excluding carboxylic acids is 1. The number of aliphatic carboxylic acids is 1. The Morgan fingerprint density at radius 3 is 2.84 bits per heavy atom. The largest absolute Gasteiger partial charge is 0.481 e. The van der Waals surface area contributed by atoms with E-state index in [0.717, 1.165) is 15.6 Å². The summed E-state index contributed by atoms with van der Waals surface area (Å²) in [6.07, 6.45) is 0.885. The van der Waals surface area contributed by atoms with E-state index in [0.29, 0.717) is 25.9 Å². The highest BCUT2D eigenvalue weighted by molar-refractivity contribution is 9.10. The summed E-state index contributed by atoms with van der Waals surface area (Å²) in [5.74, 6) is -1.22. The number of nitrogens with zero attached hydrogens (tertiary/aromatic N) is 1. The second-order valence-electron chi connectivity index (χ2n) is 4.86. The number of benzene rings is 1. The van der Waals surface area contributed by atoms with Crippen LogP contribution in [0.1, 0.15) is 17.5 Å². The van der Waals surface area contributed by atoms with E-state index in [4.69, 9.17) is 5.11 Å². The van der Waals surface area contributed by atoms with Gasteiger partial charge in [-0.2, -0.15) is 0 Å². The molecule has 1 fully saturated rings. The minimum absolute atomic E-state index is 0.00458. The van der Waals surface area contributed by atoms with Gasteiger partial charge in [-0.15, -0.1) is 0 Å². The van der Waals surface area contributed by atoms with Crippen molar-refractivity contribution in [3.63, 3.8) is 0 Å². The summed E-state index contributed by atoms with van der Waals surface area (Å²) in [6, 6.07) is 5.78. The molecule has 0 spiro atoms. The van der Waals surface area contributed by atoms with Crippen molar-refractivity contribution in [1.29, 1.82) is 0 Å². The van der Waals surface area contributed by atoms with E-state index < -0.39 is 11.9 Å². The van der Waals surface area contributed by atoms with Gasteiger partial charge in [-0.25, -0.2) is 0 Å². The predicted molar refractivity (Wildman–Crippen MR) is 74.9 cm³/mol. The molecule has 5 heteroatoms. The zero-order valence-corrected chi connectivity index (χ0v) is 12.3. The SMILES string of the molecule is Cc1c(Br)cccc1CC(=O)N1CCC(C(=O)O)C1. The lowest BCUT2D eigenvalue weighted by Gasteiger charge is -2.16. The highest BCUT2D eigenvalue weighted by atomic mass is 79.9. The molecule has 1 saturated heterocycles. The Balaban J connectivity index is 2.02. The van der Waals surface area contributed by atoms with E-state index in [9.17, 15) is 9.59 Å². The fourth-order valence-corrected chi connectivity index (χ4v) is 2.71. The van der Waals surface area contributed by atoms with Crippen molar-refractivity contribution in [1.82, 2.24) is 4.90 Å². The highest BCUT2D eigenvalue weighted by Crippen LogP contribution is 2.22. The number of rotatable bonds is 3. The summed E-state index contributed by atoms with van der Waals surface area (Å²) in [6.45, 7) is 2.85. The molecule has 1 aliphatic heterocycles. The van der Waals surface area contributed by atoms with Crippen LogP contribution in [0.3, 0.4) is 0 Å². The van der Waals surface area contributed by atoms with Crippen LogP contribution in [0.2, 0.25) is 0 Å². The summed E-state index contributed by atoms with van der Waals surface area (Å²) >= 11 is 3.45. The Kier molecular flexibility index (Phi) is 4.24. The predicted octanol–water partition coefficient (Wildman–Crippen LogP) is 2.23. The molecule has 1 amide bonds. The lowest BCUT2D eigenvalue weighted by atomic mass is 10.1. The van der Waals surface area contributed by atoms with Crippen molar-refractivity contribution in [2.24, 2.45) is 5.92 Å². The molecule has 19 heavy (non-hydrogen) atoms. The Bertz CT molecular complexity index is 515. The fraction of sp³-hybridized carbons (Fsp3) is 0.429. The van der Waals surface area contributed by atoms with Crippen LogP contribution < -0.4 is 0 Å². The average Bonchev–Trinajstić information content (AvgIpc) is 2.84. The van der Waals surface area contributed by atoms with Gasteiger partial charge in [0.1, 0.15) is 0 Å². The summed E-state index contributed by atoms with van der Waals surface area (Å²) in [7, 11) is 0. The summed E-state index contributed by atoms with van der Waals surface area (Å²) in [4.78, 5) is 24.7. The second-order valence-corrected chi connectivity index (χ2v) is 5.72. The second kappa shape index (κ2) is 5.74. The Hall–Kier alpha value is -1.36. The van der Waals surface area contributed by atoms with Gasteiger partial charge in [0, 0.05) is 17.6 Å². The first-order chi connectivity index (χ1) is 8.99. The first-order valence-electron chi connectivity index (χ1n) is 6.23. The summed E-state index contributed by atoms with van der Waals surface area (Å²) in [5.41, 5.74) is 2.04. The van der Waals surface area contributed by atoms with Gasteiger partial charge in [0.25, 0.3) is 0 Å². The maximum Gasteiger partial charge on any atom is 0.308 e. The Morgan fingerprint density at radius 2 is 2.21 bits per heavy atom. The molecule has 2 rings (SSSR count). The van der Waals surface area contributed by atoms with Crippen LogP contribution in [0, 0.1) is 12.8 Å². The normalized spacial score (nSPS) is 18.6. The van der Waals surface area contributed by atoms with Crippen LogP contribution in [-0.2, 0) is 16.0 Å². The maximum atomic E-state index is 12.2. The number of hydrogen-bond donors (Lipinski definition) is 1. The molecule has 1 aliphatic rings. The van der Waals surface area contributed by atoms with E-state index in [1.165, 1.54) is 0 Å². The maximum absolute atomic E-state index is 12.2. The molecule has 4 nitrogen and oxygen atoms in total. The minimum Gasteiger partial charge on any atom is -0.481 e. The number of carbonyl (C=O) groups is 2. The zero-order valence-electron chi connectivity index (χ0n) is 10.7. The van der Waals surface area contributed by atoms with Gasteiger partial charge >= 0.3 is 5.97 Å². The zero-order chi connectivity index (χ0) is 14.0. The summed E-state index contributed by atoms with van der Waals surface area (Å²) in [5, 5.41) is 8.94. The molecule has 0 aromatic heterocycles. The van der Waals surface area contributed by atoms with E-state index in [1.807, 2.05) is 25.1 Å².